The molecule has 1 N–H and O–H groups in total. The molecule has 0 saturated carbocycles. The van der Waals surface area contributed by atoms with E-state index in [1.165, 1.54) is 10.5 Å². The second kappa shape index (κ2) is 5.42. The molecule has 0 spiro atoms. The van der Waals surface area contributed by atoms with Crippen LogP contribution in [0, 0.1) is 0 Å². The molecular formula is C18H18N2OS2. The van der Waals surface area contributed by atoms with E-state index in [1.807, 2.05) is 18.2 Å². The minimum Gasteiger partial charge on any atom is -0.467 e. The second-order valence-corrected chi connectivity index (χ2v) is 7.32. The summed E-state index contributed by atoms with van der Waals surface area (Å²) in [6.07, 6.45) is 2.94. The van der Waals surface area contributed by atoms with Crippen molar-refractivity contribution in [3.63, 3.8) is 0 Å². The van der Waals surface area contributed by atoms with Crippen molar-refractivity contribution in [2.75, 3.05) is 11.2 Å². The maximum absolute atomic E-state index is 6.39. The third-order valence-corrected chi connectivity index (χ3v) is 5.52. The lowest BCUT2D eigenvalue weighted by Gasteiger charge is -2.52. The van der Waals surface area contributed by atoms with Crippen LogP contribution in [0.25, 0.3) is 0 Å². The van der Waals surface area contributed by atoms with E-state index in [1.54, 1.807) is 11.8 Å². The molecule has 2 heterocycles. The van der Waals surface area contributed by atoms with E-state index >= 15 is 0 Å². The SMILES string of the molecule is CSc1cccc(N2C(=S)N[C@H]3C[C@@]2(C)Oc2ccccc23)c1. The largest absolute Gasteiger partial charge is 0.467 e. The Labute approximate surface area is 146 Å². The molecule has 0 amide bonds. The summed E-state index contributed by atoms with van der Waals surface area (Å²) in [5, 5.41) is 4.20. The van der Waals surface area contributed by atoms with E-state index in [4.69, 9.17) is 17.0 Å². The standard InChI is InChI=1S/C18H18N2OS2/c1-18-11-15(14-8-3-4-9-16(14)21-18)19-17(22)20(18)12-6-5-7-13(10-12)23-2/h3-10,15H,11H2,1-2H3,(H,19,22)/t15-,18+/m0/s1. The van der Waals surface area contributed by atoms with Crippen LogP contribution in [0.2, 0.25) is 0 Å². The number of thiocarbonyl (C=S) groups is 1. The number of fused-ring (bicyclic) bond motifs is 4. The fraction of sp³-hybridized carbons (Fsp3) is 0.278. The molecule has 2 aromatic rings. The fourth-order valence-corrected chi connectivity index (χ4v) is 4.36. The molecule has 0 unspecified atom stereocenters. The number of rotatable bonds is 2. The Bertz CT molecular complexity index is 779. The summed E-state index contributed by atoms with van der Waals surface area (Å²) in [6.45, 7) is 2.12. The Hall–Kier alpha value is -1.72. The highest BCUT2D eigenvalue weighted by atomic mass is 32.2. The lowest BCUT2D eigenvalue weighted by Crippen LogP contribution is -2.65. The zero-order chi connectivity index (χ0) is 16.0. The van der Waals surface area contributed by atoms with Gasteiger partial charge in [0.05, 0.1) is 6.04 Å². The average Bonchev–Trinajstić information content (AvgIpc) is 2.54. The van der Waals surface area contributed by atoms with Crippen LogP contribution in [-0.2, 0) is 0 Å². The molecule has 2 atom stereocenters. The molecule has 0 radical (unpaired) electrons. The smallest absolute Gasteiger partial charge is 0.188 e. The number of hydrogen-bond donors (Lipinski definition) is 1. The Morgan fingerprint density at radius 1 is 1.26 bits per heavy atom. The maximum atomic E-state index is 6.39. The molecule has 3 nitrogen and oxygen atoms in total. The Morgan fingerprint density at radius 3 is 2.91 bits per heavy atom. The lowest BCUT2D eigenvalue weighted by molar-refractivity contribution is 0.0497. The minimum absolute atomic E-state index is 0.206. The van der Waals surface area contributed by atoms with Gasteiger partial charge in [-0.15, -0.1) is 11.8 Å². The highest BCUT2D eigenvalue weighted by Gasteiger charge is 2.48. The molecule has 2 aromatic carbocycles. The van der Waals surface area contributed by atoms with Gasteiger partial charge in [0.1, 0.15) is 5.75 Å². The van der Waals surface area contributed by atoms with Gasteiger partial charge < -0.3 is 10.1 Å². The van der Waals surface area contributed by atoms with Crippen LogP contribution < -0.4 is 15.0 Å². The predicted molar refractivity (Wildman–Crippen MR) is 99.3 cm³/mol. The molecule has 1 saturated heterocycles. The van der Waals surface area contributed by atoms with Gasteiger partial charge in [-0.05, 0) is 49.7 Å². The zero-order valence-corrected chi connectivity index (χ0v) is 14.7. The summed E-state index contributed by atoms with van der Waals surface area (Å²) >= 11 is 7.40. The summed E-state index contributed by atoms with van der Waals surface area (Å²) in [5.41, 5.74) is 1.78. The van der Waals surface area contributed by atoms with Gasteiger partial charge in [0.15, 0.2) is 10.8 Å². The van der Waals surface area contributed by atoms with Gasteiger partial charge in [-0.2, -0.15) is 0 Å². The van der Waals surface area contributed by atoms with Crippen molar-refractivity contribution >= 4 is 34.8 Å². The molecule has 2 aliphatic rings. The maximum Gasteiger partial charge on any atom is 0.188 e. The number of hydrogen-bond acceptors (Lipinski definition) is 3. The van der Waals surface area contributed by atoms with Gasteiger partial charge in [0.2, 0.25) is 0 Å². The summed E-state index contributed by atoms with van der Waals surface area (Å²) in [7, 11) is 0. The Morgan fingerprint density at radius 2 is 2.09 bits per heavy atom. The first kappa shape index (κ1) is 14.8. The molecule has 0 aromatic heterocycles. The number of thioether (sulfide) groups is 1. The molecule has 4 rings (SSSR count). The molecule has 0 aliphatic carbocycles. The van der Waals surface area contributed by atoms with Gasteiger partial charge in [0, 0.05) is 22.6 Å². The molecule has 1 fully saturated rings. The Balaban J connectivity index is 1.79. The zero-order valence-electron chi connectivity index (χ0n) is 13.1. The molecule has 2 bridgehead atoms. The van der Waals surface area contributed by atoms with Gasteiger partial charge in [-0.1, -0.05) is 24.3 Å². The first-order chi connectivity index (χ1) is 11.1. The summed E-state index contributed by atoms with van der Waals surface area (Å²) < 4.78 is 6.39. The van der Waals surface area contributed by atoms with E-state index in [0.717, 1.165) is 23.0 Å². The number of nitrogens with zero attached hydrogens (tertiary/aromatic N) is 1. The quantitative estimate of drug-likeness (QED) is 0.646. The fourth-order valence-electron chi connectivity index (χ4n) is 3.46. The predicted octanol–water partition coefficient (Wildman–Crippen LogP) is 4.34. The third kappa shape index (κ3) is 2.39. The van der Waals surface area contributed by atoms with Crippen molar-refractivity contribution in [3.05, 3.63) is 54.1 Å². The summed E-state index contributed by atoms with van der Waals surface area (Å²) in [4.78, 5) is 3.32. The van der Waals surface area contributed by atoms with Crippen LogP contribution in [0.15, 0.2) is 53.4 Å². The van der Waals surface area contributed by atoms with Crippen LogP contribution >= 0.6 is 24.0 Å². The average molecular weight is 342 g/mol. The number of ether oxygens (including phenoxy) is 1. The first-order valence-electron chi connectivity index (χ1n) is 7.63. The molecular weight excluding hydrogens is 324 g/mol. The van der Waals surface area contributed by atoms with Crippen molar-refractivity contribution in [2.24, 2.45) is 0 Å². The normalized spacial score (nSPS) is 25.4. The number of para-hydroxylation sites is 1. The van der Waals surface area contributed by atoms with Crippen LogP contribution in [0.5, 0.6) is 5.75 Å². The topological polar surface area (TPSA) is 24.5 Å². The number of nitrogens with one attached hydrogen (secondary N) is 1. The third-order valence-electron chi connectivity index (χ3n) is 4.49. The van der Waals surface area contributed by atoms with Crippen molar-refractivity contribution in [3.8, 4) is 5.75 Å². The van der Waals surface area contributed by atoms with Crippen LogP contribution in [-0.4, -0.2) is 17.1 Å². The van der Waals surface area contributed by atoms with Crippen molar-refractivity contribution in [1.29, 1.82) is 0 Å². The summed E-state index contributed by atoms with van der Waals surface area (Å²) in [6, 6.07) is 16.8. The molecule has 5 heteroatoms. The van der Waals surface area contributed by atoms with E-state index in [-0.39, 0.29) is 6.04 Å². The Kier molecular flexibility index (Phi) is 3.50. The van der Waals surface area contributed by atoms with E-state index < -0.39 is 5.72 Å². The first-order valence-corrected chi connectivity index (χ1v) is 9.27. The highest BCUT2D eigenvalue weighted by molar-refractivity contribution is 7.98. The van der Waals surface area contributed by atoms with Gasteiger partial charge >= 0.3 is 0 Å². The van der Waals surface area contributed by atoms with Crippen molar-refractivity contribution in [2.45, 2.75) is 30.0 Å². The van der Waals surface area contributed by atoms with E-state index in [2.05, 4.69) is 53.7 Å². The van der Waals surface area contributed by atoms with Crippen LogP contribution in [0.4, 0.5) is 5.69 Å². The van der Waals surface area contributed by atoms with Crippen molar-refractivity contribution in [1.82, 2.24) is 5.32 Å². The minimum atomic E-state index is -0.474. The van der Waals surface area contributed by atoms with E-state index in [9.17, 15) is 0 Å². The van der Waals surface area contributed by atoms with Crippen LogP contribution in [0.3, 0.4) is 0 Å². The number of benzene rings is 2. The van der Waals surface area contributed by atoms with Gasteiger partial charge in [-0.25, -0.2) is 0 Å². The highest BCUT2D eigenvalue weighted by Crippen LogP contribution is 2.45. The van der Waals surface area contributed by atoms with Crippen molar-refractivity contribution < 1.29 is 4.74 Å². The second-order valence-electron chi connectivity index (χ2n) is 6.06. The van der Waals surface area contributed by atoms with Crippen LogP contribution in [0.1, 0.15) is 24.9 Å². The van der Waals surface area contributed by atoms with E-state index in [0.29, 0.717) is 0 Å². The van der Waals surface area contributed by atoms with Gasteiger partial charge in [0.25, 0.3) is 0 Å². The number of anilines is 1. The summed E-state index contributed by atoms with van der Waals surface area (Å²) in [5.74, 6) is 0.937. The molecule has 23 heavy (non-hydrogen) atoms. The van der Waals surface area contributed by atoms with Gasteiger partial charge in [-0.3, -0.25) is 4.90 Å². The monoisotopic (exact) mass is 342 g/mol. The molecule has 118 valence electrons. The lowest BCUT2D eigenvalue weighted by atomic mass is 9.90. The molecule has 2 aliphatic heterocycles.